The molecule has 0 saturated heterocycles. The number of aliphatic hydroxyl groups excluding tert-OH is 1. The zero-order valence-corrected chi connectivity index (χ0v) is 13.6. The number of ether oxygens (including phenoxy) is 1. The lowest BCUT2D eigenvalue weighted by Crippen LogP contribution is -2.26. The Balaban J connectivity index is 2.48. The molecule has 2 atom stereocenters. The Morgan fingerprint density at radius 1 is 1.22 bits per heavy atom. The summed E-state index contributed by atoms with van der Waals surface area (Å²) in [5.74, 6) is -0.417. The van der Waals surface area contributed by atoms with Crippen LogP contribution in [0.5, 0.6) is 0 Å². The molecule has 128 valence electrons. The second-order valence-electron chi connectivity index (χ2n) is 5.86. The molecule has 0 fully saturated rings. The minimum atomic E-state index is -1.23. The van der Waals surface area contributed by atoms with E-state index in [1.54, 1.807) is 6.92 Å². The van der Waals surface area contributed by atoms with Gasteiger partial charge in [0.05, 0.1) is 5.92 Å². The molecule has 0 spiro atoms. The predicted molar refractivity (Wildman–Crippen MR) is 83.3 cm³/mol. The number of carbonyl (C=O) groups is 1. The first-order chi connectivity index (χ1) is 10.8. The third-order valence-corrected chi connectivity index (χ3v) is 3.27. The van der Waals surface area contributed by atoms with Gasteiger partial charge in [-0.3, -0.25) is 4.79 Å². The largest absolute Gasteiger partial charge is 0.462 e. The lowest BCUT2D eigenvalue weighted by Gasteiger charge is -2.15. The van der Waals surface area contributed by atoms with E-state index < -0.39 is 29.7 Å². The highest BCUT2D eigenvalue weighted by atomic mass is 17.0. The summed E-state index contributed by atoms with van der Waals surface area (Å²) in [5, 5.41) is 18.4. The molecule has 1 N–H and O–H groups in total. The van der Waals surface area contributed by atoms with Gasteiger partial charge < -0.3 is 14.7 Å². The molecule has 0 heterocycles. The van der Waals surface area contributed by atoms with Gasteiger partial charge in [-0.15, -0.1) is 10.1 Å². The standard InChI is InChI=1S/C16H23NO6/c1-11(2)8-13-4-6-14(7-5-13)12(3)16(19)22-9-15(18)10-23-17(20)21/h4-7,11-12,15,18H,8-10H2,1-3H3. The smallest absolute Gasteiger partial charge is 0.313 e. The van der Waals surface area contributed by atoms with Gasteiger partial charge in [0, 0.05) is 0 Å². The van der Waals surface area contributed by atoms with Crippen LogP contribution in [-0.2, 0) is 20.8 Å². The summed E-state index contributed by atoms with van der Waals surface area (Å²) in [6.45, 7) is 5.12. The van der Waals surface area contributed by atoms with E-state index in [1.165, 1.54) is 5.56 Å². The van der Waals surface area contributed by atoms with Crippen molar-refractivity contribution in [2.24, 2.45) is 5.92 Å². The minimum absolute atomic E-state index is 0.345. The highest BCUT2D eigenvalue weighted by Gasteiger charge is 2.18. The number of benzene rings is 1. The Kier molecular flexibility index (Phi) is 7.47. The number of aliphatic hydroxyl groups is 1. The van der Waals surface area contributed by atoms with E-state index >= 15 is 0 Å². The molecule has 23 heavy (non-hydrogen) atoms. The van der Waals surface area contributed by atoms with Crippen molar-refractivity contribution in [2.45, 2.75) is 39.2 Å². The number of hydrogen-bond donors (Lipinski definition) is 1. The van der Waals surface area contributed by atoms with E-state index in [0.717, 1.165) is 12.0 Å². The molecular weight excluding hydrogens is 302 g/mol. The SMILES string of the molecule is CC(C)Cc1ccc(C(C)C(=O)OCC(O)CO[N+](=O)[O-])cc1. The summed E-state index contributed by atoms with van der Waals surface area (Å²) in [6.07, 6.45) is -0.258. The topological polar surface area (TPSA) is 98.9 Å². The number of carbonyl (C=O) groups excluding carboxylic acids is 1. The van der Waals surface area contributed by atoms with Crippen LogP contribution in [0.2, 0.25) is 0 Å². The second kappa shape index (κ2) is 9.09. The Hall–Kier alpha value is -2.15. The fourth-order valence-electron chi connectivity index (χ4n) is 2.05. The Bertz CT molecular complexity index is 514. The van der Waals surface area contributed by atoms with Gasteiger partial charge in [0.15, 0.2) is 0 Å². The van der Waals surface area contributed by atoms with E-state index in [-0.39, 0.29) is 6.61 Å². The van der Waals surface area contributed by atoms with Crippen LogP contribution in [0.15, 0.2) is 24.3 Å². The molecule has 0 aliphatic heterocycles. The van der Waals surface area contributed by atoms with Gasteiger partial charge in [-0.05, 0) is 30.4 Å². The highest BCUT2D eigenvalue weighted by Crippen LogP contribution is 2.19. The summed E-state index contributed by atoms with van der Waals surface area (Å²) >= 11 is 0. The maximum Gasteiger partial charge on any atom is 0.313 e. The second-order valence-corrected chi connectivity index (χ2v) is 5.86. The summed E-state index contributed by atoms with van der Waals surface area (Å²) in [4.78, 5) is 25.9. The molecule has 2 unspecified atom stereocenters. The molecule has 0 saturated carbocycles. The number of hydrogen-bond acceptors (Lipinski definition) is 6. The van der Waals surface area contributed by atoms with Crippen molar-refractivity contribution in [2.75, 3.05) is 13.2 Å². The van der Waals surface area contributed by atoms with Gasteiger partial charge in [-0.2, -0.15) is 0 Å². The number of rotatable bonds is 9. The van der Waals surface area contributed by atoms with Crippen molar-refractivity contribution in [1.82, 2.24) is 0 Å². The van der Waals surface area contributed by atoms with Crippen molar-refractivity contribution in [3.05, 3.63) is 45.5 Å². The molecule has 1 aromatic rings. The normalized spacial score (nSPS) is 13.4. The quantitative estimate of drug-likeness (QED) is 0.424. The fraction of sp³-hybridized carbons (Fsp3) is 0.562. The summed E-state index contributed by atoms with van der Waals surface area (Å²) in [6, 6.07) is 7.74. The van der Waals surface area contributed by atoms with Crippen molar-refractivity contribution in [3.8, 4) is 0 Å². The minimum Gasteiger partial charge on any atom is -0.462 e. The first-order valence-corrected chi connectivity index (χ1v) is 7.50. The van der Waals surface area contributed by atoms with Gasteiger partial charge in [0.25, 0.3) is 5.09 Å². The Labute approximate surface area is 135 Å². The molecular formula is C16H23NO6. The van der Waals surface area contributed by atoms with Crippen molar-refractivity contribution < 1.29 is 24.6 Å². The van der Waals surface area contributed by atoms with Crippen LogP contribution in [0.1, 0.15) is 37.8 Å². The molecule has 7 heteroatoms. The summed E-state index contributed by atoms with van der Waals surface area (Å²) < 4.78 is 4.96. The summed E-state index contributed by atoms with van der Waals surface area (Å²) in [5.41, 5.74) is 2.02. The highest BCUT2D eigenvalue weighted by molar-refractivity contribution is 5.77. The molecule has 0 radical (unpaired) electrons. The lowest BCUT2D eigenvalue weighted by molar-refractivity contribution is -0.759. The van der Waals surface area contributed by atoms with Crippen LogP contribution in [0.4, 0.5) is 0 Å². The van der Waals surface area contributed by atoms with E-state index in [0.29, 0.717) is 5.92 Å². The zero-order valence-electron chi connectivity index (χ0n) is 13.6. The molecule has 7 nitrogen and oxygen atoms in total. The van der Waals surface area contributed by atoms with Crippen LogP contribution >= 0.6 is 0 Å². The van der Waals surface area contributed by atoms with E-state index in [4.69, 9.17) is 4.74 Å². The monoisotopic (exact) mass is 325 g/mol. The third-order valence-electron chi connectivity index (χ3n) is 3.27. The molecule has 1 aromatic carbocycles. The molecule has 1 rings (SSSR count). The van der Waals surface area contributed by atoms with Crippen LogP contribution in [0, 0.1) is 16.0 Å². The van der Waals surface area contributed by atoms with Gasteiger partial charge in [-0.1, -0.05) is 38.1 Å². The maximum atomic E-state index is 11.9. The van der Waals surface area contributed by atoms with E-state index in [1.807, 2.05) is 24.3 Å². The van der Waals surface area contributed by atoms with Gasteiger partial charge in [0.2, 0.25) is 0 Å². The van der Waals surface area contributed by atoms with E-state index in [2.05, 4.69) is 18.7 Å². The Morgan fingerprint density at radius 2 is 1.83 bits per heavy atom. The Morgan fingerprint density at radius 3 is 2.35 bits per heavy atom. The van der Waals surface area contributed by atoms with Crippen LogP contribution in [0.3, 0.4) is 0 Å². The zero-order chi connectivity index (χ0) is 17.4. The predicted octanol–water partition coefficient (Wildman–Crippen LogP) is 2.10. The first-order valence-electron chi connectivity index (χ1n) is 7.50. The van der Waals surface area contributed by atoms with Crippen LogP contribution in [-0.4, -0.2) is 35.5 Å². The average Bonchev–Trinajstić information content (AvgIpc) is 2.50. The van der Waals surface area contributed by atoms with E-state index in [9.17, 15) is 20.0 Å². The number of nitrogens with zero attached hydrogens (tertiary/aromatic N) is 1. The molecule has 0 aliphatic carbocycles. The molecule has 0 bridgehead atoms. The average molecular weight is 325 g/mol. The first kappa shape index (κ1) is 18.9. The third kappa shape index (κ3) is 7.10. The molecule has 0 aliphatic rings. The fourth-order valence-corrected chi connectivity index (χ4v) is 2.05. The van der Waals surface area contributed by atoms with Gasteiger partial charge >= 0.3 is 5.97 Å². The number of esters is 1. The molecule has 0 amide bonds. The van der Waals surface area contributed by atoms with Crippen LogP contribution in [0.25, 0.3) is 0 Å². The molecule has 0 aromatic heterocycles. The van der Waals surface area contributed by atoms with Crippen LogP contribution < -0.4 is 0 Å². The summed E-state index contributed by atoms with van der Waals surface area (Å²) in [7, 11) is 0. The van der Waals surface area contributed by atoms with Gasteiger partial charge in [0.1, 0.15) is 19.3 Å². The lowest BCUT2D eigenvalue weighted by atomic mass is 9.97. The van der Waals surface area contributed by atoms with Crippen molar-refractivity contribution >= 4 is 5.97 Å². The van der Waals surface area contributed by atoms with Crippen molar-refractivity contribution in [1.29, 1.82) is 0 Å². The van der Waals surface area contributed by atoms with Crippen molar-refractivity contribution in [3.63, 3.8) is 0 Å². The maximum absolute atomic E-state index is 11.9. The van der Waals surface area contributed by atoms with Gasteiger partial charge in [-0.25, -0.2) is 0 Å².